The highest BCUT2D eigenvalue weighted by atomic mass is 79.9. The summed E-state index contributed by atoms with van der Waals surface area (Å²) in [7, 11) is -0.855. The van der Waals surface area contributed by atoms with Crippen LogP contribution in [0.5, 0.6) is 0 Å². The van der Waals surface area contributed by atoms with Crippen molar-refractivity contribution in [3.05, 3.63) is 28.6 Å². The van der Waals surface area contributed by atoms with Crippen LogP contribution in [0.15, 0.2) is 33.5 Å². The summed E-state index contributed by atoms with van der Waals surface area (Å²) in [6, 6.07) is -0.431. The highest BCUT2D eigenvalue weighted by molar-refractivity contribution is 9.10. The summed E-state index contributed by atoms with van der Waals surface area (Å²) in [4.78, 5) is 8.00. The van der Waals surface area contributed by atoms with Gasteiger partial charge in [-0.25, -0.2) is 4.98 Å². The molecule has 0 radical (unpaired) electrons. The summed E-state index contributed by atoms with van der Waals surface area (Å²) < 4.78 is 13.2. The van der Waals surface area contributed by atoms with Crippen molar-refractivity contribution in [2.45, 2.75) is 11.7 Å². The number of nitrogens with zero attached hydrogens (tertiary/aromatic N) is 5. The summed E-state index contributed by atoms with van der Waals surface area (Å²) in [5, 5.41) is 12.3. The van der Waals surface area contributed by atoms with E-state index in [4.69, 9.17) is 11.6 Å². The van der Waals surface area contributed by atoms with Crippen LogP contribution in [0.25, 0.3) is 0 Å². The van der Waals surface area contributed by atoms with Crippen molar-refractivity contribution < 1.29 is 4.57 Å². The Morgan fingerprint density at radius 3 is 2.74 bits per heavy atom. The molecule has 10 heteroatoms. The summed E-state index contributed by atoms with van der Waals surface area (Å²) in [6.45, 7) is 10.6. The second-order valence-corrected chi connectivity index (χ2v) is 9.72. The number of hydrogen-bond donors (Lipinski definition) is 1. The fourth-order valence-corrected chi connectivity index (χ4v) is 3.68. The Hall–Kier alpha value is -1.24. The van der Waals surface area contributed by atoms with E-state index in [-0.39, 0.29) is 10.9 Å². The first-order chi connectivity index (χ1) is 10.7. The van der Waals surface area contributed by atoms with E-state index >= 15 is 0 Å². The van der Waals surface area contributed by atoms with Crippen LogP contribution in [0.1, 0.15) is 0 Å². The molecular weight excluding hydrogens is 403 g/mol. The highest BCUT2D eigenvalue weighted by Crippen LogP contribution is 2.45. The lowest BCUT2D eigenvalue weighted by Crippen LogP contribution is -2.34. The number of hydrogen-bond acceptors (Lipinski definition) is 7. The largest absolute Gasteiger partial charge is 0.360 e. The Bertz CT molecular complexity index is 649. The minimum atomic E-state index is -2.49. The molecule has 0 bridgehead atoms. The summed E-state index contributed by atoms with van der Waals surface area (Å²) in [5.74, 6) is 0.468. The first-order valence-corrected chi connectivity index (χ1v) is 10.4. The lowest BCUT2D eigenvalue weighted by molar-refractivity contribution is 0.381. The lowest BCUT2D eigenvalue weighted by atomic mass is 10.2. The highest BCUT2D eigenvalue weighted by Gasteiger charge is 2.29. The second-order valence-electron chi connectivity index (χ2n) is 5.06. The van der Waals surface area contributed by atoms with E-state index in [0.717, 1.165) is 0 Å². The van der Waals surface area contributed by atoms with Crippen molar-refractivity contribution in [3.63, 3.8) is 0 Å². The van der Waals surface area contributed by atoms with Crippen LogP contribution >= 0.6 is 34.7 Å². The molecule has 7 nitrogen and oxygen atoms in total. The second kappa shape index (κ2) is 8.57. The number of anilines is 1. The third-order valence-corrected chi connectivity index (χ3v) is 5.68. The minimum Gasteiger partial charge on any atom is -0.360 e. The molecule has 0 spiro atoms. The molecule has 0 aliphatic carbocycles. The topological polar surface area (TPSA) is 82.8 Å². The van der Waals surface area contributed by atoms with Gasteiger partial charge in [0.25, 0.3) is 0 Å². The molecule has 1 heterocycles. The van der Waals surface area contributed by atoms with Gasteiger partial charge >= 0.3 is 0 Å². The molecule has 0 saturated carbocycles. The van der Waals surface area contributed by atoms with E-state index in [0.29, 0.717) is 10.3 Å². The maximum absolute atomic E-state index is 12.6. The molecule has 0 saturated heterocycles. The standard InChI is InChI=1S/C13H19BrClN6OP/c1-6-11(23(4,5)22)10(8-18-21(3)16-2)19-12-9(14)7-17-13(15)20-12/h6-8,10-11H,1-2H2,3-5H3,(H,17,19,20)/b18-8-/t10-,11?/m1/s1. The molecule has 23 heavy (non-hydrogen) atoms. The molecule has 0 amide bonds. The van der Waals surface area contributed by atoms with Crippen molar-refractivity contribution in [1.82, 2.24) is 15.1 Å². The predicted octanol–water partition coefficient (Wildman–Crippen LogP) is 3.38. The van der Waals surface area contributed by atoms with Crippen molar-refractivity contribution in [2.75, 3.05) is 25.7 Å². The molecule has 0 aliphatic heterocycles. The average molecular weight is 422 g/mol. The molecule has 0 fully saturated rings. The third kappa shape index (κ3) is 6.05. The van der Waals surface area contributed by atoms with Gasteiger partial charge in [-0.1, -0.05) is 6.08 Å². The zero-order chi connectivity index (χ0) is 17.6. The van der Waals surface area contributed by atoms with Crippen LogP contribution in [0, 0.1) is 0 Å². The summed E-state index contributed by atoms with van der Waals surface area (Å²) in [5.41, 5.74) is -0.356. The fourth-order valence-electron chi connectivity index (χ4n) is 1.81. The Balaban J connectivity index is 3.20. The van der Waals surface area contributed by atoms with E-state index in [1.165, 1.54) is 11.3 Å². The Kier molecular flexibility index (Phi) is 7.38. The van der Waals surface area contributed by atoms with Crippen LogP contribution in [-0.2, 0) is 4.57 Å². The molecule has 0 aliphatic rings. The Labute approximate surface area is 149 Å². The number of halogens is 2. The average Bonchev–Trinajstić information content (AvgIpc) is 2.47. The first-order valence-electron chi connectivity index (χ1n) is 6.55. The van der Waals surface area contributed by atoms with Crippen LogP contribution < -0.4 is 5.32 Å². The molecule has 1 rings (SSSR count). The van der Waals surface area contributed by atoms with E-state index in [2.05, 4.69) is 54.7 Å². The minimum absolute atomic E-state index is 0.0996. The maximum atomic E-state index is 12.6. The third-order valence-electron chi connectivity index (χ3n) is 2.94. The summed E-state index contributed by atoms with van der Waals surface area (Å²) in [6.07, 6.45) is 4.76. The molecule has 2 atom stereocenters. The van der Waals surface area contributed by atoms with Gasteiger partial charge < -0.3 is 9.88 Å². The molecular formula is C13H19BrClN6OP. The van der Waals surface area contributed by atoms with Crippen LogP contribution in [0.4, 0.5) is 5.82 Å². The van der Waals surface area contributed by atoms with Crippen LogP contribution in [0.2, 0.25) is 5.28 Å². The predicted molar refractivity (Wildman–Crippen MR) is 101 cm³/mol. The van der Waals surface area contributed by atoms with Gasteiger partial charge in [0.15, 0.2) is 0 Å². The van der Waals surface area contributed by atoms with Crippen molar-refractivity contribution in [1.29, 1.82) is 0 Å². The smallest absolute Gasteiger partial charge is 0.224 e. The van der Waals surface area contributed by atoms with Crippen molar-refractivity contribution in [3.8, 4) is 0 Å². The number of nitrogens with one attached hydrogen (secondary N) is 1. The van der Waals surface area contributed by atoms with Gasteiger partial charge in [0.1, 0.15) is 5.82 Å². The molecule has 126 valence electrons. The first kappa shape index (κ1) is 19.8. The van der Waals surface area contributed by atoms with Gasteiger partial charge in [-0.15, -0.1) is 6.58 Å². The fraction of sp³-hybridized carbons (Fsp3) is 0.385. The van der Waals surface area contributed by atoms with Crippen molar-refractivity contribution in [2.24, 2.45) is 10.2 Å². The Morgan fingerprint density at radius 2 is 2.22 bits per heavy atom. The monoisotopic (exact) mass is 420 g/mol. The molecule has 1 unspecified atom stereocenters. The van der Waals surface area contributed by atoms with Gasteiger partial charge in [0.05, 0.1) is 23.3 Å². The van der Waals surface area contributed by atoms with Crippen molar-refractivity contribution >= 4 is 53.4 Å². The summed E-state index contributed by atoms with van der Waals surface area (Å²) >= 11 is 9.18. The van der Waals surface area contributed by atoms with E-state index in [9.17, 15) is 4.57 Å². The number of hydrazone groups is 2. The van der Waals surface area contributed by atoms with Gasteiger partial charge in [0, 0.05) is 26.2 Å². The molecule has 0 aromatic carbocycles. The zero-order valence-electron chi connectivity index (χ0n) is 13.1. The Morgan fingerprint density at radius 1 is 1.57 bits per heavy atom. The van der Waals surface area contributed by atoms with Crippen LogP contribution in [0.3, 0.4) is 0 Å². The maximum Gasteiger partial charge on any atom is 0.224 e. The number of aromatic nitrogens is 2. The quantitative estimate of drug-likeness (QED) is 0.229. The van der Waals surface area contributed by atoms with E-state index in [1.54, 1.807) is 32.7 Å². The zero-order valence-corrected chi connectivity index (χ0v) is 16.4. The molecule has 1 aromatic heterocycles. The van der Waals surface area contributed by atoms with Gasteiger partial charge in [-0.2, -0.15) is 20.3 Å². The van der Waals surface area contributed by atoms with E-state index in [1.807, 2.05) is 0 Å². The van der Waals surface area contributed by atoms with Gasteiger partial charge in [0.2, 0.25) is 5.28 Å². The SMILES string of the molecule is C=CC([C@@H](/C=N\N(C)N=C)Nc1nc(Cl)ncc1Br)P(C)(C)=O. The van der Waals surface area contributed by atoms with Crippen LogP contribution in [-0.4, -0.2) is 60.1 Å². The van der Waals surface area contributed by atoms with Gasteiger partial charge in [-0.05, 0) is 40.9 Å². The lowest BCUT2D eigenvalue weighted by Gasteiger charge is -2.26. The molecule has 1 aromatic rings. The van der Waals surface area contributed by atoms with E-state index < -0.39 is 13.2 Å². The number of rotatable bonds is 8. The molecule has 1 N–H and O–H groups in total. The normalized spacial score (nSPS) is 14.3. The van der Waals surface area contributed by atoms with Gasteiger partial charge in [-0.3, -0.25) is 0 Å².